The van der Waals surface area contributed by atoms with Crippen molar-refractivity contribution in [1.82, 2.24) is 20.4 Å². The van der Waals surface area contributed by atoms with Crippen LogP contribution < -0.4 is 15.4 Å². The van der Waals surface area contributed by atoms with Crippen molar-refractivity contribution in [1.29, 1.82) is 0 Å². The van der Waals surface area contributed by atoms with Crippen molar-refractivity contribution in [3.05, 3.63) is 29.8 Å². The van der Waals surface area contributed by atoms with Crippen LogP contribution in [0.4, 0.5) is 0 Å². The smallest absolute Gasteiger partial charge is 0.251 e. The van der Waals surface area contributed by atoms with E-state index in [1.54, 1.807) is 19.2 Å². The van der Waals surface area contributed by atoms with Crippen LogP contribution in [0.3, 0.4) is 0 Å². The topological polar surface area (TPSA) is 111 Å². The SMILES string of the molecule is CCCCN1C(=O)[C@@H](CC2(O)CCCCC2)NC(=O)C12CCN(CCCCCCOc1ccc(C(=O)NC)cc1)CC2. The first kappa shape index (κ1) is 32.3. The van der Waals surface area contributed by atoms with Gasteiger partial charge in [0.1, 0.15) is 17.3 Å². The summed E-state index contributed by atoms with van der Waals surface area (Å²) in [4.78, 5) is 43.4. The molecule has 2 heterocycles. The first-order chi connectivity index (χ1) is 20.3. The van der Waals surface area contributed by atoms with Crippen molar-refractivity contribution in [2.75, 3.05) is 39.8 Å². The van der Waals surface area contributed by atoms with E-state index in [1.165, 1.54) is 0 Å². The average Bonchev–Trinajstić information content (AvgIpc) is 3.00. The second-order valence-corrected chi connectivity index (χ2v) is 12.6. The number of unbranched alkanes of at least 4 members (excludes halogenated alkanes) is 4. The number of carbonyl (C=O) groups is 3. The summed E-state index contributed by atoms with van der Waals surface area (Å²) in [6, 6.07) is 6.58. The summed E-state index contributed by atoms with van der Waals surface area (Å²) in [6.45, 7) is 6.00. The molecule has 1 aliphatic carbocycles. The lowest BCUT2D eigenvalue weighted by molar-refractivity contribution is -0.163. The van der Waals surface area contributed by atoms with Gasteiger partial charge in [0.25, 0.3) is 5.91 Å². The van der Waals surface area contributed by atoms with Crippen LogP contribution in [-0.4, -0.2) is 89.6 Å². The van der Waals surface area contributed by atoms with E-state index >= 15 is 0 Å². The number of nitrogens with one attached hydrogen (secondary N) is 2. The van der Waals surface area contributed by atoms with Crippen molar-refractivity contribution >= 4 is 17.7 Å². The normalized spacial score (nSPS) is 22.2. The summed E-state index contributed by atoms with van der Waals surface area (Å²) < 4.78 is 5.82. The molecule has 9 nitrogen and oxygen atoms in total. The Bertz CT molecular complexity index is 1030. The standard InChI is InChI=1S/C33H52N4O5/c1-3-4-21-37-30(39)28(25-32(41)16-8-7-9-17-32)35-31(40)33(37)18-22-36(23-19-33)20-10-5-6-11-24-42-27-14-12-26(13-15-27)29(38)34-2/h12-15,28,41H,3-11,16-25H2,1-2H3,(H,34,38)(H,35,40)/t28-/m1/s1. The van der Waals surface area contributed by atoms with E-state index in [1.807, 2.05) is 17.0 Å². The van der Waals surface area contributed by atoms with Gasteiger partial charge in [-0.25, -0.2) is 0 Å². The molecule has 9 heteroatoms. The largest absolute Gasteiger partial charge is 0.494 e. The number of benzene rings is 1. The van der Waals surface area contributed by atoms with E-state index in [0.717, 1.165) is 83.2 Å². The number of carbonyl (C=O) groups excluding carboxylic acids is 3. The van der Waals surface area contributed by atoms with Crippen molar-refractivity contribution < 1.29 is 24.2 Å². The predicted octanol–water partition coefficient (Wildman–Crippen LogP) is 4.03. The maximum atomic E-state index is 13.8. The molecule has 1 aromatic carbocycles. The molecule has 3 fully saturated rings. The highest BCUT2D eigenvalue weighted by Crippen LogP contribution is 2.37. The number of nitrogens with zero attached hydrogens (tertiary/aromatic N) is 2. The summed E-state index contributed by atoms with van der Waals surface area (Å²) in [5, 5.41) is 16.8. The first-order valence-corrected chi connectivity index (χ1v) is 16.3. The first-order valence-electron chi connectivity index (χ1n) is 16.3. The van der Waals surface area contributed by atoms with Gasteiger partial charge in [0.15, 0.2) is 0 Å². The van der Waals surface area contributed by atoms with E-state index in [2.05, 4.69) is 22.5 Å². The van der Waals surface area contributed by atoms with Crippen molar-refractivity contribution in [3.63, 3.8) is 0 Å². The second kappa shape index (κ2) is 15.2. The summed E-state index contributed by atoms with van der Waals surface area (Å²) >= 11 is 0. The molecule has 2 saturated heterocycles. The lowest BCUT2D eigenvalue weighted by Gasteiger charge is -2.52. The highest BCUT2D eigenvalue weighted by Gasteiger charge is 2.54. The van der Waals surface area contributed by atoms with Crippen LogP contribution >= 0.6 is 0 Å². The van der Waals surface area contributed by atoms with Gasteiger partial charge in [0, 0.05) is 38.7 Å². The van der Waals surface area contributed by atoms with Crippen LogP contribution in [0.1, 0.15) is 107 Å². The zero-order valence-electron chi connectivity index (χ0n) is 25.8. The van der Waals surface area contributed by atoms with Gasteiger partial charge in [-0.1, -0.05) is 45.4 Å². The molecule has 1 atom stereocenters. The maximum absolute atomic E-state index is 13.8. The van der Waals surface area contributed by atoms with Gasteiger partial charge in [-0.2, -0.15) is 0 Å². The van der Waals surface area contributed by atoms with Gasteiger partial charge in [-0.3, -0.25) is 14.4 Å². The summed E-state index contributed by atoms with van der Waals surface area (Å²) in [7, 11) is 1.62. The third kappa shape index (κ3) is 8.04. The van der Waals surface area contributed by atoms with Crippen LogP contribution in [0.5, 0.6) is 5.75 Å². The number of likely N-dealkylation sites (tertiary alicyclic amines) is 1. The lowest BCUT2D eigenvalue weighted by atomic mass is 9.77. The number of aliphatic hydroxyl groups is 1. The highest BCUT2D eigenvalue weighted by atomic mass is 16.5. The number of hydrogen-bond donors (Lipinski definition) is 3. The zero-order chi connectivity index (χ0) is 30.0. The number of piperidine rings is 1. The van der Waals surface area contributed by atoms with Crippen LogP contribution in [0.25, 0.3) is 0 Å². The number of rotatable bonds is 14. The predicted molar refractivity (Wildman–Crippen MR) is 163 cm³/mol. The number of amides is 3. The third-order valence-corrected chi connectivity index (χ3v) is 9.58. The van der Waals surface area contributed by atoms with Gasteiger partial charge in [0.2, 0.25) is 11.8 Å². The Hall–Kier alpha value is -2.65. The summed E-state index contributed by atoms with van der Waals surface area (Å²) in [6.07, 6.45) is 12.3. The molecular weight excluding hydrogens is 532 g/mol. The van der Waals surface area contributed by atoms with Crippen LogP contribution in [0, 0.1) is 0 Å². The van der Waals surface area contributed by atoms with Gasteiger partial charge in [0.05, 0.1) is 12.2 Å². The van der Waals surface area contributed by atoms with Crippen LogP contribution in [-0.2, 0) is 9.59 Å². The molecule has 2 aliphatic heterocycles. The molecule has 0 bridgehead atoms. The third-order valence-electron chi connectivity index (χ3n) is 9.58. The minimum absolute atomic E-state index is 0.000108. The Morgan fingerprint density at radius 2 is 1.67 bits per heavy atom. The Balaban J connectivity index is 1.19. The Morgan fingerprint density at radius 3 is 2.33 bits per heavy atom. The molecular formula is C33H52N4O5. The van der Waals surface area contributed by atoms with E-state index in [4.69, 9.17) is 4.74 Å². The average molecular weight is 585 g/mol. The minimum atomic E-state index is -0.846. The fraction of sp³-hybridized carbons (Fsp3) is 0.727. The molecule has 4 rings (SSSR count). The van der Waals surface area contributed by atoms with E-state index in [9.17, 15) is 19.5 Å². The minimum Gasteiger partial charge on any atom is -0.494 e. The molecule has 0 radical (unpaired) electrons. The van der Waals surface area contributed by atoms with Gasteiger partial charge in [-0.05, 0) is 75.8 Å². The van der Waals surface area contributed by atoms with Crippen molar-refractivity contribution in [3.8, 4) is 5.75 Å². The molecule has 42 heavy (non-hydrogen) atoms. The molecule has 1 spiro atoms. The zero-order valence-corrected chi connectivity index (χ0v) is 25.8. The van der Waals surface area contributed by atoms with Crippen molar-refractivity contribution in [2.24, 2.45) is 0 Å². The molecule has 3 N–H and O–H groups in total. The summed E-state index contributed by atoms with van der Waals surface area (Å²) in [5.41, 5.74) is -0.984. The fourth-order valence-electron chi connectivity index (χ4n) is 6.92. The van der Waals surface area contributed by atoms with Gasteiger partial charge < -0.3 is 30.3 Å². The van der Waals surface area contributed by atoms with Gasteiger partial charge >= 0.3 is 0 Å². The number of piperazine rings is 1. The highest BCUT2D eigenvalue weighted by molar-refractivity contribution is 6.00. The second-order valence-electron chi connectivity index (χ2n) is 12.6. The molecule has 0 aromatic heterocycles. The van der Waals surface area contributed by atoms with E-state index in [0.29, 0.717) is 50.8 Å². The molecule has 3 amide bonds. The Morgan fingerprint density at radius 1 is 0.976 bits per heavy atom. The van der Waals surface area contributed by atoms with E-state index < -0.39 is 17.2 Å². The monoisotopic (exact) mass is 584 g/mol. The van der Waals surface area contributed by atoms with Crippen LogP contribution in [0.2, 0.25) is 0 Å². The van der Waals surface area contributed by atoms with E-state index in [-0.39, 0.29) is 17.7 Å². The van der Waals surface area contributed by atoms with Gasteiger partial charge in [-0.15, -0.1) is 0 Å². The molecule has 0 unspecified atom stereocenters. The van der Waals surface area contributed by atoms with Crippen molar-refractivity contribution in [2.45, 2.75) is 114 Å². The number of hydrogen-bond acceptors (Lipinski definition) is 6. The summed E-state index contributed by atoms with van der Waals surface area (Å²) in [5.74, 6) is 0.652. The number of ether oxygens (including phenoxy) is 1. The molecule has 1 aromatic rings. The molecule has 234 valence electrons. The Labute approximate surface area is 251 Å². The van der Waals surface area contributed by atoms with Crippen LogP contribution in [0.15, 0.2) is 24.3 Å². The maximum Gasteiger partial charge on any atom is 0.251 e. The molecule has 1 saturated carbocycles. The molecule has 3 aliphatic rings. The lowest BCUT2D eigenvalue weighted by Crippen LogP contribution is -2.73. The quantitative estimate of drug-likeness (QED) is 0.285. The Kier molecular flexibility index (Phi) is 11.7. The fourth-order valence-corrected chi connectivity index (χ4v) is 6.92.